The largest absolute Gasteiger partial charge is 0.396 e. The van der Waals surface area contributed by atoms with Gasteiger partial charge < -0.3 is 20.1 Å². The number of H-pyrrole nitrogens is 1. The number of hydrogen-bond acceptors (Lipinski definition) is 5. The summed E-state index contributed by atoms with van der Waals surface area (Å²) >= 11 is 0. The topological polar surface area (TPSA) is 100 Å². The fourth-order valence-corrected chi connectivity index (χ4v) is 3.55. The Morgan fingerprint density at radius 2 is 1.96 bits per heavy atom. The first kappa shape index (κ1) is 17.5. The van der Waals surface area contributed by atoms with Crippen LogP contribution in [0, 0.1) is 16.7 Å². The van der Waals surface area contributed by atoms with Gasteiger partial charge in [0.05, 0.1) is 24.4 Å². The summed E-state index contributed by atoms with van der Waals surface area (Å²) < 4.78 is 0. The molecule has 0 atom stereocenters. The Bertz CT molecular complexity index is 868. The summed E-state index contributed by atoms with van der Waals surface area (Å²) in [6.45, 7) is 3.13. The Morgan fingerprint density at radius 3 is 2.52 bits per heavy atom. The maximum Gasteiger partial charge on any atom is 0.268 e. The lowest BCUT2D eigenvalue weighted by molar-refractivity contribution is 0.0341. The molecule has 0 radical (unpaired) electrons. The van der Waals surface area contributed by atoms with E-state index in [9.17, 15) is 20.3 Å². The molecular weight excluding hydrogens is 318 g/mol. The van der Waals surface area contributed by atoms with Crippen LogP contribution in [-0.4, -0.2) is 41.5 Å². The summed E-state index contributed by atoms with van der Waals surface area (Å²) in [5.41, 5.74) is 1.80. The predicted molar refractivity (Wildman–Crippen MR) is 96.7 cm³/mol. The second kappa shape index (κ2) is 6.87. The number of pyridine rings is 1. The quantitative estimate of drug-likeness (QED) is 0.783. The Labute approximate surface area is 146 Å². The van der Waals surface area contributed by atoms with Crippen molar-refractivity contribution in [2.75, 3.05) is 31.2 Å². The summed E-state index contributed by atoms with van der Waals surface area (Å²) in [4.78, 5) is 17.2. The third-order valence-electron chi connectivity index (χ3n) is 5.38. The lowest BCUT2D eigenvalue weighted by atomic mass is 9.79. The number of nitrogens with zero attached hydrogens (tertiary/aromatic N) is 2. The van der Waals surface area contributed by atoms with Gasteiger partial charge >= 0.3 is 0 Å². The number of anilines is 1. The molecule has 0 aliphatic carbocycles. The highest BCUT2D eigenvalue weighted by Crippen LogP contribution is 2.36. The molecule has 1 aliphatic rings. The van der Waals surface area contributed by atoms with Crippen LogP contribution in [0.5, 0.6) is 0 Å². The standard InChI is InChI=1S/C19H23N3O3/c1-2-13-3-4-16-14(9-13)17(15(10-20)18(25)21-16)22-7-5-19(11-23,12-24)6-8-22/h3-4,9,23-24H,2,5-8,11-12H2,1H3,(H,21,25). The van der Waals surface area contributed by atoms with E-state index in [1.165, 1.54) is 0 Å². The van der Waals surface area contributed by atoms with Crippen LogP contribution in [-0.2, 0) is 6.42 Å². The van der Waals surface area contributed by atoms with Gasteiger partial charge in [-0.3, -0.25) is 4.79 Å². The molecule has 1 aliphatic heterocycles. The predicted octanol–water partition coefficient (Wildman–Crippen LogP) is 1.53. The fraction of sp³-hybridized carbons (Fsp3) is 0.474. The highest BCUT2D eigenvalue weighted by Gasteiger charge is 2.34. The number of aromatic amines is 1. The summed E-state index contributed by atoms with van der Waals surface area (Å²) in [5, 5.41) is 29.6. The number of rotatable bonds is 4. The third-order valence-corrected chi connectivity index (χ3v) is 5.38. The van der Waals surface area contributed by atoms with Gasteiger partial charge in [-0.1, -0.05) is 13.0 Å². The number of aryl methyl sites for hydroxylation is 1. The average Bonchev–Trinajstić information content (AvgIpc) is 2.66. The number of piperidine rings is 1. The number of fused-ring (bicyclic) bond motifs is 1. The van der Waals surface area contributed by atoms with Gasteiger partial charge in [0.25, 0.3) is 5.56 Å². The van der Waals surface area contributed by atoms with Crippen molar-refractivity contribution >= 4 is 16.6 Å². The number of aliphatic hydroxyl groups excluding tert-OH is 2. The lowest BCUT2D eigenvalue weighted by Gasteiger charge is -2.41. The number of hydrogen-bond donors (Lipinski definition) is 3. The average molecular weight is 341 g/mol. The Balaban J connectivity index is 2.11. The SMILES string of the molecule is CCc1ccc2[nH]c(=O)c(C#N)c(N3CCC(CO)(CO)CC3)c2c1. The van der Waals surface area contributed by atoms with Gasteiger partial charge in [0.1, 0.15) is 11.6 Å². The molecule has 0 amide bonds. The van der Waals surface area contributed by atoms with Crippen LogP contribution in [0.3, 0.4) is 0 Å². The van der Waals surface area contributed by atoms with E-state index in [1.54, 1.807) is 0 Å². The Kier molecular flexibility index (Phi) is 4.80. The van der Waals surface area contributed by atoms with Gasteiger partial charge in [0, 0.05) is 23.9 Å². The highest BCUT2D eigenvalue weighted by atomic mass is 16.3. The number of nitriles is 1. The van der Waals surface area contributed by atoms with Gasteiger partial charge in [0.2, 0.25) is 0 Å². The molecular formula is C19H23N3O3. The summed E-state index contributed by atoms with van der Waals surface area (Å²) in [5.74, 6) is 0. The molecule has 3 N–H and O–H groups in total. The minimum Gasteiger partial charge on any atom is -0.396 e. The molecule has 6 heteroatoms. The Morgan fingerprint density at radius 1 is 1.28 bits per heavy atom. The van der Waals surface area contributed by atoms with E-state index in [0.29, 0.717) is 31.6 Å². The van der Waals surface area contributed by atoms with Crippen molar-refractivity contribution in [2.24, 2.45) is 5.41 Å². The van der Waals surface area contributed by atoms with Gasteiger partial charge in [-0.15, -0.1) is 0 Å². The van der Waals surface area contributed by atoms with E-state index in [2.05, 4.69) is 18.0 Å². The van der Waals surface area contributed by atoms with Crippen LogP contribution in [0.25, 0.3) is 10.9 Å². The van der Waals surface area contributed by atoms with Crippen LogP contribution in [0.2, 0.25) is 0 Å². The summed E-state index contributed by atoms with van der Waals surface area (Å²) in [6, 6.07) is 7.95. The van der Waals surface area contributed by atoms with Crippen molar-refractivity contribution in [3.05, 3.63) is 39.7 Å². The maximum absolute atomic E-state index is 12.3. The zero-order chi connectivity index (χ0) is 18.0. The molecule has 2 heterocycles. The zero-order valence-electron chi connectivity index (χ0n) is 14.4. The lowest BCUT2D eigenvalue weighted by Crippen LogP contribution is -2.44. The van der Waals surface area contributed by atoms with Gasteiger partial charge in [0.15, 0.2) is 0 Å². The second-order valence-electron chi connectivity index (χ2n) is 6.83. The summed E-state index contributed by atoms with van der Waals surface area (Å²) in [7, 11) is 0. The molecule has 0 unspecified atom stereocenters. The fourth-order valence-electron chi connectivity index (χ4n) is 3.55. The molecule has 1 aromatic heterocycles. The molecule has 1 aromatic carbocycles. The smallest absolute Gasteiger partial charge is 0.268 e. The minimum atomic E-state index is -0.477. The number of benzene rings is 1. The molecule has 1 fully saturated rings. The zero-order valence-corrected chi connectivity index (χ0v) is 14.4. The van der Waals surface area contributed by atoms with Crippen LogP contribution in [0.4, 0.5) is 5.69 Å². The van der Waals surface area contributed by atoms with Crippen molar-refractivity contribution in [3.63, 3.8) is 0 Å². The molecule has 2 aromatic rings. The number of aliphatic hydroxyl groups is 2. The molecule has 1 saturated heterocycles. The van der Waals surface area contributed by atoms with E-state index < -0.39 is 5.41 Å². The highest BCUT2D eigenvalue weighted by molar-refractivity contribution is 5.95. The van der Waals surface area contributed by atoms with Gasteiger partial charge in [-0.25, -0.2) is 0 Å². The van der Waals surface area contributed by atoms with E-state index >= 15 is 0 Å². The van der Waals surface area contributed by atoms with E-state index in [4.69, 9.17) is 0 Å². The molecule has 0 bridgehead atoms. The van der Waals surface area contributed by atoms with E-state index in [-0.39, 0.29) is 24.3 Å². The molecule has 0 saturated carbocycles. The first-order valence-corrected chi connectivity index (χ1v) is 8.63. The summed E-state index contributed by atoms with van der Waals surface area (Å²) in [6.07, 6.45) is 2.10. The van der Waals surface area contributed by atoms with Crippen LogP contribution < -0.4 is 10.5 Å². The number of aromatic nitrogens is 1. The van der Waals surface area contributed by atoms with Crippen LogP contribution >= 0.6 is 0 Å². The first-order chi connectivity index (χ1) is 12.1. The van der Waals surface area contributed by atoms with Crippen molar-refractivity contribution in [3.8, 4) is 6.07 Å². The van der Waals surface area contributed by atoms with Gasteiger partial charge in [-0.05, 0) is 37.0 Å². The van der Waals surface area contributed by atoms with Crippen molar-refractivity contribution < 1.29 is 10.2 Å². The van der Waals surface area contributed by atoms with Gasteiger partial charge in [-0.2, -0.15) is 5.26 Å². The second-order valence-corrected chi connectivity index (χ2v) is 6.83. The molecule has 3 rings (SSSR count). The maximum atomic E-state index is 12.3. The molecule has 6 nitrogen and oxygen atoms in total. The number of nitrogens with one attached hydrogen (secondary N) is 1. The van der Waals surface area contributed by atoms with E-state index in [1.807, 2.05) is 23.1 Å². The van der Waals surface area contributed by atoms with Crippen molar-refractivity contribution in [1.82, 2.24) is 4.98 Å². The Hall–Kier alpha value is -2.36. The van der Waals surface area contributed by atoms with Crippen molar-refractivity contribution in [1.29, 1.82) is 5.26 Å². The van der Waals surface area contributed by atoms with E-state index in [0.717, 1.165) is 22.9 Å². The molecule has 132 valence electrons. The molecule has 25 heavy (non-hydrogen) atoms. The van der Waals surface area contributed by atoms with Crippen LogP contribution in [0.1, 0.15) is 30.9 Å². The third kappa shape index (κ3) is 3.01. The first-order valence-electron chi connectivity index (χ1n) is 8.63. The van der Waals surface area contributed by atoms with Crippen molar-refractivity contribution in [2.45, 2.75) is 26.2 Å². The minimum absolute atomic E-state index is 0.0570. The monoisotopic (exact) mass is 341 g/mol. The normalized spacial score (nSPS) is 16.8. The molecule has 0 spiro atoms. The van der Waals surface area contributed by atoms with Crippen LogP contribution in [0.15, 0.2) is 23.0 Å².